The Labute approximate surface area is 163 Å². The average Bonchev–Trinajstić information content (AvgIpc) is 3.12. The first kappa shape index (κ1) is 20.9. The Morgan fingerprint density at radius 2 is 2.14 bits per heavy atom. The molecular formula is C17H22FN5O6. The number of aliphatic hydroxyl groups excluding tert-OH is 2. The summed E-state index contributed by atoms with van der Waals surface area (Å²) in [6, 6.07) is -0.869. The summed E-state index contributed by atoms with van der Waals surface area (Å²) in [5.74, 6) is -0.819. The standard InChI is InChI=1S/C17H22FN5O6/c1-2-12-19-3-4-22(12)7-13(24)20-10-8-29-11(15(26)14(10)25)6-23-5-9(18)16(27)21-17(23)28/h3-5,10-11,14-15,25-26H,2,6-8H2,1H3,(H,20,24)(H,21,27,28)/t10-,11-,14+,15-/m1/s1. The number of hydrogen-bond donors (Lipinski definition) is 4. The Morgan fingerprint density at radius 3 is 2.86 bits per heavy atom. The van der Waals surface area contributed by atoms with Crippen LogP contribution in [-0.2, 0) is 29.0 Å². The second-order valence-corrected chi connectivity index (χ2v) is 6.74. The van der Waals surface area contributed by atoms with E-state index in [2.05, 4.69) is 10.3 Å². The summed E-state index contributed by atoms with van der Waals surface area (Å²) in [6.07, 6.45) is 0.749. The molecule has 1 fully saturated rings. The van der Waals surface area contributed by atoms with Crippen LogP contribution < -0.4 is 16.6 Å². The van der Waals surface area contributed by atoms with Gasteiger partial charge in [-0.3, -0.25) is 19.1 Å². The first-order chi connectivity index (χ1) is 13.8. The van der Waals surface area contributed by atoms with Gasteiger partial charge < -0.3 is 24.8 Å². The van der Waals surface area contributed by atoms with Crippen molar-refractivity contribution in [3.8, 4) is 0 Å². The summed E-state index contributed by atoms with van der Waals surface area (Å²) in [5, 5.41) is 23.3. The zero-order valence-corrected chi connectivity index (χ0v) is 15.6. The first-order valence-corrected chi connectivity index (χ1v) is 9.06. The van der Waals surface area contributed by atoms with E-state index in [0.29, 0.717) is 12.6 Å². The van der Waals surface area contributed by atoms with Gasteiger partial charge in [0.05, 0.1) is 25.4 Å². The molecule has 2 aromatic rings. The molecule has 12 heteroatoms. The third kappa shape index (κ3) is 4.60. The lowest BCUT2D eigenvalue weighted by molar-refractivity contribution is -0.159. The number of rotatable bonds is 6. The third-order valence-corrected chi connectivity index (χ3v) is 4.76. The minimum Gasteiger partial charge on any atom is -0.388 e. The van der Waals surface area contributed by atoms with E-state index >= 15 is 0 Å². The van der Waals surface area contributed by atoms with Crippen LogP contribution in [0.4, 0.5) is 4.39 Å². The van der Waals surface area contributed by atoms with Crippen molar-refractivity contribution in [1.29, 1.82) is 0 Å². The minimum atomic E-state index is -1.45. The second-order valence-electron chi connectivity index (χ2n) is 6.74. The number of nitrogens with one attached hydrogen (secondary N) is 2. The molecule has 0 unspecified atom stereocenters. The Kier molecular flexibility index (Phi) is 6.25. The average molecular weight is 411 g/mol. The quantitative estimate of drug-likeness (QED) is 0.419. The number of aromatic nitrogens is 4. The Balaban J connectivity index is 1.61. The number of imidazole rings is 1. The van der Waals surface area contributed by atoms with Gasteiger partial charge in [-0.25, -0.2) is 9.78 Å². The number of amides is 1. The minimum absolute atomic E-state index is 0.00202. The highest BCUT2D eigenvalue weighted by atomic mass is 19.1. The van der Waals surface area contributed by atoms with Crippen molar-refractivity contribution in [3.63, 3.8) is 0 Å². The molecule has 0 aliphatic carbocycles. The van der Waals surface area contributed by atoms with Crippen molar-refractivity contribution >= 4 is 5.91 Å². The van der Waals surface area contributed by atoms with Crippen LogP contribution in [0.1, 0.15) is 12.7 Å². The van der Waals surface area contributed by atoms with Crippen LogP contribution in [0.5, 0.6) is 0 Å². The molecule has 2 aromatic heterocycles. The first-order valence-electron chi connectivity index (χ1n) is 9.06. The maximum absolute atomic E-state index is 13.4. The molecule has 29 heavy (non-hydrogen) atoms. The van der Waals surface area contributed by atoms with Crippen LogP contribution >= 0.6 is 0 Å². The van der Waals surface area contributed by atoms with Gasteiger partial charge in [-0.05, 0) is 0 Å². The number of aliphatic hydroxyl groups is 2. The second kappa shape index (κ2) is 8.68. The van der Waals surface area contributed by atoms with Gasteiger partial charge >= 0.3 is 5.69 Å². The highest BCUT2D eigenvalue weighted by Gasteiger charge is 2.39. The molecule has 1 saturated heterocycles. The van der Waals surface area contributed by atoms with Crippen molar-refractivity contribution in [1.82, 2.24) is 24.4 Å². The lowest BCUT2D eigenvalue weighted by Gasteiger charge is -2.38. The molecule has 11 nitrogen and oxygen atoms in total. The number of aromatic amines is 1. The van der Waals surface area contributed by atoms with Gasteiger partial charge in [-0.1, -0.05) is 6.92 Å². The van der Waals surface area contributed by atoms with E-state index in [1.807, 2.05) is 6.92 Å². The summed E-state index contributed by atoms with van der Waals surface area (Å²) < 4.78 is 21.4. The van der Waals surface area contributed by atoms with Crippen molar-refractivity contribution in [2.24, 2.45) is 0 Å². The molecule has 0 bridgehead atoms. The SMILES string of the molecule is CCc1nccn1CC(=O)N[C@@H]1CO[C@H](Cn2cc(F)c(=O)[nH]c2=O)[C@@H](O)[C@H]1O. The summed E-state index contributed by atoms with van der Waals surface area (Å²) >= 11 is 0. The van der Waals surface area contributed by atoms with Gasteiger partial charge in [-0.2, -0.15) is 4.39 Å². The maximum atomic E-state index is 13.4. The highest BCUT2D eigenvalue weighted by molar-refractivity contribution is 5.76. The number of carbonyl (C=O) groups is 1. The fourth-order valence-electron chi connectivity index (χ4n) is 3.19. The fraction of sp³-hybridized carbons (Fsp3) is 0.529. The van der Waals surface area contributed by atoms with Gasteiger partial charge in [0.1, 0.15) is 30.7 Å². The van der Waals surface area contributed by atoms with E-state index in [1.54, 1.807) is 21.9 Å². The molecule has 0 radical (unpaired) electrons. The number of H-pyrrole nitrogens is 1. The molecule has 3 heterocycles. The fourth-order valence-corrected chi connectivity index (χ4v) is 3.19. The Morgan fingerprint density at radius 1 is 1.38 bits per heavy atom. The smallest absolute Gasteiger partial charge is 0.328 e. The van der Waals surface area contributed by atoms with Crippen LogP contribution in [0.2, 0.25) is 0 Å². The van der Waals surface area contributed by atoms with Crippen LogP contribution in [0.3, 0.4) is 0 Å². The van der Waals surface area contributed by atoms with Crippen molar-refractivity contribution < 1.29 is 24.1 Å². The van der Waals surface area contributed by atoms with E-state index < -0.39 is 47.3 Å². The molecule has 1 amide bonds. The molecule has 4 atom stereocenters. The molecule has 1 aliphatic heterocycles. The summed E-state index contributed by atoms with van der Waals surface area (Å²) in [4.78, 5) is 41.0. The van der Waals surface area contributed by atoms with Gasteiger partial charge in [-0.15, -0.1) is 0 Å². The van der Waals surface area contributed by atoms with E-state index in [9.17, 15) is 29.0 Å². The largest absolute Gasteiger partial charge is 0.388 e. The number of aryl methyl sites for hydroxylation is 1. The van der Waals surface area contributed by atoms with Gasteiger partial charge in [0, 0.05) is 18.8 Å². The molecule has 0 aromatic carbocycles. The van der Waals surface area contributed by atoms with Gasteiger partial charge in [0.25, 0.3) is 5.56 Å². The Bertz CT molecular complexity index is 985. The van der Waals surface area contributed by atoms with Gasteiger partial charge in [0.2, 0.25) is 11.7 Å². The summed E-state index contributed by atoms with van der Waals surface area (Å²) in [6.45, 7) is 1.49. The number of halogens is 1. The van der Waals surface area contributed by atoms with E-state index in [-0.39, 0.29) is 19.7 Å². The lowest BCUT2D eigenvalue weighted by Crippen LogP contribution is -2.60. The third-order valence-electron chi connectivity index (χ3n) is 4.76. The van der Waals surface area contributed by atoms with Crippen molar-refractivity contribution in [2.45, 2.75) is 50.8 Å². The topological polar surface area (TPSA) is 151 Å². The zero-order valence-electron chi connectivity index (χ0n) is 15.6. The lowest BCUT2D eigenvalue weighted by atomic mass is 9.98. The number of carbonyl (C=O) groups excluding carboxylic acids is 1. The van der Waals surface area contributed by atoms with E-state index in [4.69, 9.17) is 4.74 Å². The molecule has 0 saturated carbocycles. The summed E-state index contributed by atoms with van der Waals surface area (Å²) in [5.41, 5.74) is -2.02. The van der Waals surface area contributed by atoms with E-state index in [0.717, 1.165) is 10.4 Å². The predicted molar refractivity (Wildman–Crippen MR) is 96.6 cm³/mol. The van der Waals surface area contributed by atoms with Crippen LogP contribution in [0.15, 0.2) is 28.2 Å². The van der Waals surface area contributed by atoms with E-state index in [1.165, 1.54) is 0 Å². The van der Waals surface area contributed by atoms with Crippen LogP contribution in [0.25, 0.3) is 0 Å². The number of nitrogens with zero attached hydrogens (tertiary/aromatic N) is 3. The van der Waals surface area contributed by atoms with Crippen molar-refractivity contribution in [2.75, 3.05) is 6.61 Å². The molecule has 1 aliphatic rings. The van der Waals surface area contributed by atoms with Gasteiger partial charge in [0.15, 0.2) is 0 Å². The normalized spacial score (nSPS) is 24.4. The molecule has 158 valence electrons. The van der Waals surface area contributed by atoms with Crippen LogP contribution in [0, 0.1) is 5.82 Å². The highest BCUT2D eigenvalue weighted by Crippen LogP contribution is 2.17. The number of ether oxygens (including phenoxy) is 1. The number of hydrogen-bond acceptors (Lipinski definition) is 7. The monoisotopic (exact) mass is 411 g/mol. The Hall–Kier alpha value is -2.83. The maximum Gasteiger partial charge on any atom is 0.328 e. The molecule has 3 rings (SSSR count). The molecular weight excluding hydrogens is 389 g/mol. The predicted octanol–water partition coefficient (Wildman–Crippen LogP) is -2.26. The molecule has 0 spiro atoms. The molecule has 4 N–H and O–H groups in total. The summed E-state index contributed by atoms with van der Waals surface area (Å²) in [7, 11) is 0. The van der Waals surface area contributed by atoms with Crippen LogP contribution in [-0.4, -0.2) is 66.2 Å². The van der Waals surface area contributed by atoms with Crippen molar-refractivity contribution in [3.05, 3.63) is 51.1 Å². The zero-order chi connectivity index (χ0) is 21.1.